The van der Waals surface area contributed by atoms with Crippen molar-refractivity contribution in [2.24, 2.45) is 41.4 Å². The van der Waals surface area contributed by atoms with Crippen molar-refractivity contribution in [2.45, 2.75) is 26.7 Å². The number of hydrogen-bond acceptors (Lipinski definition) is 5. The van der Waals surface area contributed by atoms with Gasteiger partial charge in [0.25, 0.3) is 0 Å². The minimum atomic E-state index is -0.564. The van der Waals surface area contributed by atoms with Crippen LogP contribution in [0.25, 0.3) is 0 Å². The van der Waals surface area contributed by atoms with E-state index in [-0.39, 0.29) is 54.4 Å². The molecule has 8 rings (SSSR count). The van der Waals surface area contributed by atoms with Crippen LogP contribution < -0.4 is 14.5 Å². The van der Waals surface area contributed by atoms with Crippen LogP contribution in [0.3, 0.4) is 0 Å². The highest BCUT2D eigenvalue weighted by molar-refractivity contribution is 6.22. The maximum absolute atomic E-state index is 13.3. The normalized spacial score (nSPS) is 33.1. The number of esters is 1. The third-order valence-electron chi connectivity index (χ3n) is 9.14. The number of para-hydroxylation sites is 1. The minimum Gasteiger partial charge on any atom is -0.426 e. The first kappa shape index (κ1) is 22.5. The van der Waals surface area contributed by atoms with Gasteiger partial charge < -0.3 is 9.64 Å². The number of carbonyl (C=O) groups is 4. The standard InChI is InChI=1S/C30H28N2O5/c1-15-4-3-5-16(2)27(15)31-14-17(12-24(31)33)30(36)37-19-8-6-18(7-9-19)32-28(34)25-20-10-11-21(23-13-22(20)23)26(25)29(32)35/h3-11,17,20-23,25-26H,12-14H2,1-2H3/t17-,20+,21+,22+,23+,25-,26+/m1/s1. The zero-order valence-electron chi connectivity index (χ0n) is 20.8. The van der Waals surface area contributed by atoms with Crippen molar-refractivity contribution in [3.05, 3.63) is 65.7 Å². The number of aryl methyl sites for hydroxylation is 2. The quantitative estimate of drug-likeness (QED) is 0.278. The molecular weight excluding hydrogens is 468 g/mol. The van der Waals surface area contributed by atoms with Gasteiger partial charge in [-0.1, -0.05) is 30.4 Å². The fourth-order valence-electron chi connectivity index (χ4n) is 7.39. The van der Waals surface area contributed by atoms with E-state index < -0.39 is 11.9 Å². The van der Waals surface area contributed by atoms with Gasteiger partial charge in [0, 0.05) is 18.7 Å². The predicted molar refractivity (Wildman–Crippen MR) is 136 cm³/mol. The molecule has 0 aromatic heterocycles. The molecule has 4 aliphatic carbocycles. The molecule has 2 aliphatic heterocycles. The van der Waals surface area contributed by atoms with Crippen LogP contribution in [0.4, 0.5) is 11.4 Å². The van der Waals surface area contributed by atoms with Crippen LogP contribution in [0, 0.1) is 55.3 Å². The molecule has 3 amide bonds. The molecule has 7 heteroatoms. The van der Waals surface area contributed by atoms with Gasteiger partial charge in [-0.2, -0.15) is 0 Å². The monoisotopic (exact) mass is 496 g/mol. The van der Waals surface area contributed by atoms with Crippen molar-refractivity contribution in [2.75, 3.05) is 16.3 Å². The zero-order valence-corrected chi connectivity index (χ0v) is 20.8. The molecule has 188 valence electrons. The summed E-state index contributed by atoms with van der Waals surface area (Å²) >= 11 is 0. The maximum Gasteiger partial charge on any atom is 0.316 e. The maximum atomic E-state index is 13.3. The van der Waals surface area contributed by atoms with Gasteiger partial charge in [-0.25, -0.2) is 0 Å². The van der Waals surface area contributed by atoms with Crippen LogP contribution in [-0.4, -0.2) is 30.2 Å². The Bertz CT molecular complexity index is 1340. The number of benzene rings is 2. The van der Waals surface area contributed by atoms with Crippen LogP contribution in [0.2, 0.25) is 0 Å². The Kier molecular flexibility index (Phi) is 4.78. The van der Waals surface area contributed by atoms with Crippen molar-refractivity contribution >= 4 is 35.1 Å². The molecule has 4 fully saturated rings. The molecule has 2 aromatic carbocycles. The van der Waals surface area contributed by atoms with E-state index in [1.165, 1.54) is 4.90 Å². The molecular formula is C30H28N2O5. The fourth-order valence-corrected chi connectivity index (χ4v) is 7.39. The van der Waals surface area contributed by atoms with Crippen molar-refractivity contribution in [3.63, 3.8) is 0 Å². The molecule has 6 aliphatic rings. The number of rotatable bonds is 4. The van der Waals surface area contributed by atoms with Crippen molar-refractivity contribution < 1.29 is 23.9 Å². The highest BCUT2D eigenvalue weighted by atomic mass is 16.5. The van der Waals surface area contributed by atoms with E-state index in [2.05, 4.69) is 12.2 Å². The fraction of sp³-hybridized carbons (Fsp3) is 0.400. The Balaban J connectivity index is 1.04. The van der Waals surface area contributed by atoms with Gasteiger partial charge in [0.1, 0.15) is 5.75 Å². The first-order chi connectivity index (χ1) is 17.8. The molecule has 2 aromatic rings. The van der Waals surface area contributed by atoms with Gasteiger partial charge in [0.05, 0.1) is 23.4 Å². The van der Waals surface area contributed by atoms with Crippen LogP contribution >= 0.6 is 0 Å². The second-order valence-electron chi connectivity index (χ2n) is 11.2. The third kappa shape index (κ3) is 3.26. The van der Waals surface area contributed by atoms with Crippen molar-refractivity contribution in [1.29, 1.82) is 0 Å². The molecule has 2 bridgehead atoms. The summed E-state index contributed by atoms with van der Waals surface area (Å²) in [5.74, 6) is -0.0348. The highest BCUT2D eigenvalue weighted by Crippen LogP contribution is 2.65. The molecule has 0 radical (unpaired) electrons. The second kappa shape index (κ2) is 7.88. The lowest BCUT2D eigenvalue weighted by Gasteiger charge is -2.37. The summed E-state index contributed by atoms with van der Waals surface area (Å²) < 4.78 is 5.61. The molecule has 0 spiro atoms. The van der Waals surface area contributed by atoms with Crippen molar-refractivity contribution in [1.82, 2.24) is 0 Å². The lowest BCUT2D eigenvalue weighted by atomic mass is 9.63. The Morgan fingerprint density at radius 2 is 1.46 bits per heavy atom. The summed E-state index contributed by atoms with van der Waals surface area (Å²) in [5.41, 5.74) is 3.34. The van der Waals surface area contributed by atoms with E-state index in [1.807, 2.05) is 32.0 Å². The van der Waals surface area contributed by atoms with E-state index in [4.69, 9.17) is 4.74 Å². The number of amides is 3. The van der Waals surface area contributed by atoms with Crippen LogP contribution in [-0.2, 0) is 19.2 Å². The number of hydrogen-bond donors (Lipinski definition) is 0. The Morgan fingerprint density at radius 1 is 0.865 bits per heavy atom. The summed E-state index contributed by atoms with van der Waals surface area (Å²) in [6.07, 6.45) is 5.55. The lowest BCUT2D eigenvalue weighted by molar-refractivity contribution is -0.139. The summed E-state index contributed by atoms with van der Waals surface area (Å²) in [6, 6.07) is 12.4. The average Bonchev–Trinajstić information content (AvgIpc) is 3.56. The number of anilines is 2. The van der Waals surface area contributed by atoms with E-state index in [1.54, 1.807) is 29.2 Å². The largest absolute Gasteiger partial charge is 0.426 e. The number of imide groups is 1. The van der Waals surface area contributed by atoms with E-state index in [0.717, 1.165) is 23.2 Å². The van der Waals surface area contributed by atoms with Gasteiger partial charge in [0.2, 0.25) is 17.7 Å². The lowest BCUT2D eigenvalue weighted by Crippen LogP contribution is -2.40. The summed E-state index contributed by atoms with van der Waals surface area (Å²) in [7, 11) is 0. The van der Waals surface area contributed by atoms with Crippen LogP contribution in [0.5, 0.6) is 5.75 Å². The minimum absolute atomic E-state index is 0.0942. The van der Waals surface area contributed by atoms with E-state index in [9.17, 15) is 19.2 Å². The highest BCUT2D eigenvalue weighted by Gasteiger charge is 2.67. The Hall–Kier alpha value is -3.74. The van der Waals surface area contributed by atoms with Gasteiger partial charge in [-0.15, -0.1) is 0 Å². The Morgan fingerprint density at radius 3 is 2.05 bits per heavy atom. The number of ether oxygens (including phenoxy) is 1. The average molecular weight is 497 g/mol. The molecule has 2 saturated heterocycles. The van der Waals surface area contributed by atoms with Crippen LogP contribution in [0.15, 0.2) is 54.6 Å². The Labute approximate surface area is 215 Å². The topological polar surface area (TPSA) is 84.0 Å². The number of nitrogens with zero attached hydrogens (tertiary/aromatic N) is 2. The van der Waals surface area contributed by atoms with Gasteiger partial charge in [0.15, 0.2) is 0 Å². The molecule has 7 nitrogen and oxygen atoms in total. The number of carbonyl (C=O) groups excluding carboxylic acids is 4. The van der Waals surface area contributed by atoms with Crippen molar-refractivity contribution in [3.8, 4) is 5.75 Å². The van der Waals surface area contributed by atoms with Crippen LogP contribution in [0.1, 0.15) is 24.0 Å². The van der Waals surface area contributed by atoms with Gasteiger partial charge >= 0.3 is 5.97 Å². The SMILES string of the molecule is Cc1cccc(C)c1N1C[C@H](C(=O)Oc2ccc(N3C(=O)[C@@H]4[C@H]5C=C[C@@H]([C@@H]6C[C@@H]56)[C@@H]4C3=O)cc2)CC1=O. The molecule has 37 heavy (non-hydrogen) atoms. The zero-order chi connectivity index (χ0) is 25.6. The molecule has 2 heterocycles. The summed E-state index contributed by atoms with van der Waals surface area (Å²) in [4.78, 5) is 55.3. The van der Waals surface area contributed by atoms with E-state index in [0.29, 0.717) is 23.3 Å². The molecule has 0 unspecified atom stereocenters. The first-order valence-corrected chi connectivity index (χ1v) is 13.1. The summed E-state index contributed by atoms with van der Waals surface area (Å²) in [6.45, 7) is 4.19. The molecule has 2 saturated carbocycles. The second-order valence-corrected chi connectivity index (χ2v) is 11.2. The first-order valence-electron chi connectivity index (χ1n) is 13.1. The summed E-state index contributed by atoms with van der Waals surface area (Å²) in [5, 5.41) is 0. The molecule has 0 N–H and O–H groups in total. The smallest absolute Gasteiger partial charge is 0.316 e. The predicted octanol–water partition coefficient (Wildman–Crippen LogP) is 3.82. The third-order valence-corrected chi connectivity index (χ3v) is 9.14. The van der Waals surface area contributed by atoms with Gasteiger partial charge in [-0.3, -0.25) is 24.1 Å². The van der Waals surface area contributed by atoms with Gasteiger partial charge in [-0.05, 0) is 79.3 Å². The molecule has 7 atom stereocenters. The number of allylic oxidation sites excluding steroid dienone is 2. The van der Waals surface area contributed by atoms with E-state index >= 15 is 0 Å².